The summed E-state index contributed by atoms with van der Waals surface area (Å²) in [4.78, 5) is 27.8. The van der Waals surface area contributed by atoms with Crippen molar-refractivity contribution < 1.29 is 37.0 Å². The Bertz CT molecular complexity index is 1440. The van der Waals surface area contributed by atoms with Crippen LogP contribution in [0, 0.1) is 0 Å². The van der Waals surface area contributed by atoms with Crippen LogP contribution >= 0.6 is 0 Å². The number of furan rings is 1. The lowest BCUT2D eigenvalue weighted by Crippen LogP contribution is -2.31. The van der Waals surface area contributed by atoms with Gasteiger partial charge in [0.15, 0.2) is 11.5 Å². The summed E-state index contributed by atoms with van der Waals surface area (Å²) in [6.07, 6.45) is -4.94. The van der Waals surface area contributed by atoms with Crippen LogP contribution in [-0.2, 0) is 4.79 Å². The minimum absolute atomic E-state index is 0.00422. The number of carbonyl (C=O) groups excluding carboxylic acids is 2. The third kappa shape index (κ3) is 4.12. The molecular weight excluding hydrogens is 463 g/mol. The number of para-hydroxylation sites is 1. The number of aliphatic hydroxyl groups is 1. The maximum atomic E-state index is 13.5. The van der Waals surface area contributed by atoms with E-state index in [2.05, 4.69) is 4.74 Å². The molecule has 0 bridgehead atoms. The minimum Gasteiger partial charge on any atom is -0.503 e. The first kappa shape index (κ1) is 22.3. The van der Waals surface area contributed by atoms with Gasteiger partial charge in [0.2, 0.25) is 5.78 Å². The van der Waals surface area contributed by atoms with E-state index < -0.39 is 35.6 Å². The Hall–Kier alpha value is -4.53. The van der Waals surface area contributed by atoms with Crippen LogP contribution in [-0.4, -0.2) is 23.2 Å². The molecule has 1 aromatic heterocycles. The van der Waals surface area contributed by atoms with Gasteiger partial charge in [-0.05, 0) is 29.8 Å². The molecule has 2 heterocycles. The lowest BCUT2D eigenvalue weighted by molar-refractivity contribution is -0.274. The molecule has 0 saturated carbocycles. The topological polar surface area (TPSA) is 80.0 Å². The molecule has 9 heteroatoms. The van der Waals surface area contributed by atoms with Crippen molar-refractivity contribution in [2.45, 2.75) is 12.4 Å². The number of fused-ring (bicyclic) bond motifs is 1. The van der Waals surface area contributed by atoms with Gasteiger partial charge in [0.25, 0.3) is 5.91 Å². The predicted molar refractivity (Wildman–Crippen MR) is 120 cm³/mol. The normalized spacial score (nSPS) is 16.3. The fourth-order valence-corrected chi connectivity index (χ4v) is 4.11. The molecule has 0 fully saturated rings. The van der Waals surface area contributed by atoms with Gasteiger partial charge in [0.05, 0.1) is 11.6 Å². The van der Waals surface area contributed by atoms with Crippen molar-refractivity contribution in [1.82, 2.24) is 0 Å². The van der Waals surface area contributed by atoms with Crippen molar-refractivity contribution >= 4 is 28.3 Å². The number of Topliss-reactive ketones (excluding diaryl/α,β-unsaturated/α-hetero) is 1. The van der Waals surface area contributed by atoms with E-state index in [0.29, 0.717) is 16.5 Å². The summed E-state index contributed by atoms with van der Waals surface area (Å²) in [7, 11) is 0. The van der Waals surface area contributed by atoms with E-state index in [-0.39, 0.29) is 17.0 Å². The number of anilines is 1. The smallest absolute Gasteiger partial charge is 0.503 e. The van der Waals surface area contributed by atoms with Gasteiger partial charge < -0.3 is 14.3 Å². The zero-order valence-electron chi connectivity index (χ0n) is 17.8. The third-order valence-corrected chi connectivity index (χ3v) is 5.55. The molecule has 176 valence electrons. The molecule has 0 saturated heterocycles. The van der Waals surface area contributed by atoms with Gasteiger partial charge in [-0.15, -0.1) is 13.2 Å². The number of ether oxygens (including phenoxy) is 1. The molecule has 0 radical (unpaired) electrons. The lowest BCUT2D eigenvalue weighted by Gasteiger charge is -2.27. The minimum atomic E-state index is -4.94. The van der Waals surface area contributed by atoms with E-state index in [9.17, 15) is 27.9 Å². The summed E-state index contributed by atoms with van der Waals surface area (Å²) in [6.45, 7) is 0. The van der Waals surface area contributed by atoms with Crippen LogP contribution in [0.25, 0.3) is 11.0 Å². The fraction of sp³-hybridized carbons (Fsp3) is 0.0769. The molecule has 0 aliphatic carbocycles. The Morgan fingerprint density at radius 3 is 2.37 bits per heavy atom. The second-order valence-corrected chi connectivity index (χ2v) is 7.77. The second-order valence-electron chi connectivity index (χ2n) is 7.77. The summed E-state index contributed by atoms with van der Waals surface area (Å²) in [5.41, 5.74) is 0.670. The number of hydrogen-bond donors (Lipinski definition) is 1. The molecule has 0 spiro atoms. The molecule has 1 N–H and O–H groups in total. The Morgan fingerprint density at radius 1 is 0.943 bits per heavy atom. The standard InChI is InChI=1S/C26H16F3NO5/c27-26(28,29)35-18-11-6-10-17(14-18)30-22(15-7-2-1-3-8-15)21(24(32)25(30)33)23(31)20-13-16-9-4-5-12-19(16)34-20/h1-14,22,32H. The molecule has 1 atom stereocenters. The number of aliphatic hydroxyl groups excluding tert-OH is 1. The number of benzene rings is 3. The molecule has 1 unspecified atom stereocenters. The van der Waals surface area contributed by atoms with Crippen molar-refractivity contribution in [3.05, 3.63) is 108 Å². The SMILES string of the molecule is O=C(C1=C(O)C(=O)N(c2cccc(OC(F)(F)F)c2)C1c1ccccc1)c1cc2ccccc2o1. The molecule has 6 nitrogen and oxygen atoms in total. The Morgan fingerprint density at radius 2 is 1.66 bits per heavy atom. The molecule has 1 amide bonds. The van der Waals surface area contributed by atoms with E-state index >= 15 is 0 Å². The van der Waals surface area contributed by atoms with Crippen LogP contribution in [0.5, 0.6) is 5.75 Å². The van der Waals surface area contributed by atoms with Crippen molar-refractivity contribution in [3.8, 4) is 5.75 Å². The first-order chi connectivity index (χ1) is 16.7. The van der Waals surface area contributed by atoms with E-state index in [1.807, 2.05) is 0 Å². The van der Waals surface area contributed by atoms with Crippen LogP contribution in [0.2, 0.25) is 0 Å². The fourth-order valence-electron chi connectivity index (χ4n) is 4.11. The molecular formula is C26H16F3NO5. The number of alkyl halides is 3. The highest BCUT2D eigenvalue weighted by atomic mass is 19.4. The van der Waals surface area contributed by atoms with Gasteiger partial charge >= 0.3 is 6.36 Å². The van der Waals surface area contributed by atoms with Gasteiger partial charge in [0.1, 0.15) is 11.3 Å². The summed E-state index contributed by atoms with van der Waals surface area (Å²) in [5, 5.41) is 11.5. The van der Waals surface area contributed by atoms with E-state index in [1.54, 1.807) is 54.6 Å². The van der Waals surface area contributed by atoms with E-state index in [0.717, 1.165) is 17.0 Å². The van der Waals surface area contributed by atoms with Crippen LogP contribution < -0.4 is 9.64 Å². The monoisotopic (exact) mass is 479 g/mol. The van der Waals surface area contributed by atoms with Crippen LogP contribution in [0.3, 0.4) is 0 Å². The van der Waals surface area contributed by atoms with Crippen molar-refractivity contribution in [2.24, 2.45) is 0 Å². The average molecular weight is 479 g/mol. The molecule has 4 aromatic rings. The van der Waals surface area contributed by atoms with Crippen LogP contribution in [0.15, 0.2) is 101 Å². The number of rotatable bonds is 5. The zero-order valence-corrected chi connectivity index (χ0v) is 17.8. The molecule has 1 aliphatic heterocycles. The number of nitrogens with zero attached hydrogens (tertiary/aromatic N) is 1. The Balaban J connectivity index is 1.62. The first-order valence-corrected chi connectivity index (χ1v) is 10.4. The summed E-state index contributed by atoms with van der Waals surface area (Å²) in [6, 6.07) is 20.5. The van der Waals surface area contributed by atoms with Gasteiger partial charge in [-0.25, -0.2) is 0 Å². The van der Waals surface area contributed by atoms with Crippen molar-refractivity contribution in [1.29, 1.82) is 0 Å². The lowest BCUT2D eigenvalue weighted by atomic mass is 9.95. The highest BCUT2D eigenvalue weighted by Crippen LogP contribution is 2.43. The zero-order chi connectivity index (χ0) is 24.7. The largest absolute Gasteiger partial charge is 0.573 e. The quantitative estimate of drug-likeness (QED) is 0.349. The summed E-state index contributed by atoms with van der Waals surface area (Å²) >= 11 is 0. The first-order valence-electron chi connectivity index (χ1n) is 10.4. The van der Waals surface area contributed by atoms with Crippen LogP contribution in [0.4, 0.5) is 18.9 Å². The molecule has 3 aromatic carbocycles. The van der Waals surface area contributed by atoms with Gasteiger partial charge in [-0.1, -0.05) is 54.6 Å². The highest BCUT2D eigenvalue weighted by Gasteiger charge is 2.45. The number of carbonyl (C=O) groups is 2. The van der Waals surface area contributed by atoms with Crippen molar-refractivity contribution in [3.63, 3.8) is 0 Å². The maximum Gasteiger partial charge on any atom is 0.573 e. The Labute approximate surface area is 196 Å². The Kier molecular flexibility index (Phi) is 5.32. The maximum absolute atomic E-state index is 13.5. The van der Waals surface area contributed by atoms with Gasteiger partial charge in [-0.2, -0.15) is 0 Å². The van der Waals surface area contributed by atoms with Crippen molar-refractivity contribution in [2.75, 3.05) is 4.90 Å². The number of amides is 1. The second kappa shape index (κ2) is 8.35. The summed E-state index contributed by atoms with van der Waals surface area (Å²) < 4.78 is 47.9. The van der Waals surface area contributed by atoms with E-state index in [4.69, 9.17) is 4.42 Å². The average Bonchev–Trinajstić information content (AvgIpc) is 3.37. The highest BCUT2D eigenvalue weighted by molar-refractivity contribution is 6.20. The number of halogens is 3. The number of hydrogen-bond acceptors (Lipinski definition) is 5. The summed E-state index contributed by atoms with van der Waals surface area (Å²) in [5.74, 6) is -3.11. The number of ketones is 1. The molecule has 5 rings (SSSR count). The molecule has 1 aliphatic rings. The molecule has 35 heavy (non-hydrogen) atoms. The van der Waals surface area contributed by atoms with E-state index in [1.165, 1.54) is 18.2 Å². The van der Waals surface area contributed by atoms with Gasteiger partial charge in [-0.3, -0.25) is 14.5 Å². The van der Waals surface area contributed by atoms with Crippen LogP contribution in [0.1, 0.15) is 22.2 Å². The van der Waals surface area contributed by atoms with Gasteiger partial charge in [0, 0.05) is 17.1 Å². The predicted octanol–water partition coefficient (Wildman–Crippen LogP) is 6.11. The third-order valence-electron chi connectivity index (χ3n) is 5.55.